The van der Waals surface area contributed by atoms with Crippen LogP contribution in [0.3, 0.4) is 0 Å². The fourth-order valence-electron chi connectivity index (χ4n) is 3.71. The summed E-state index contributed by atoms with van der Waals surface area (Å²) in [7, 11) is 1.75. The van der Waals surface area contributed by atoms with Crippen molar-refractivity contribution in [1.82, 2.24) is 9.80 Å². The molecule has 0 radical (unpaired) electrons. The van der Waals surface area contributed by atoms with Crippen LogP contribution >= 0.6 is 0 Å². The summed E-state index contributed by atoms with van der Waals surface area (Å²) in [6.45, 7) is 1.82. The zero-order valence-corrected chi connectivity index (χ0v) is 13.2. The Balaban J connectivity index is 1.38. The molecule has 2 fully saturated rings. The Morgan fingerprint density at radius 1 is 1.26 bits per heavy atom. The first-order valence-electron chi connectivity index (χ1n) is 8.04. The number of rotatable bonds is 1. The summed E-state index contributed by atoms with van der Waals surface area (Å²) >= 11 is 0. The molecule has 4 rings (SSSR count). The molecule has 0 N–H and O–H groups in total. The molecule has 23 heavy (non-hydrogen) atoms. The number of hydrogen-bond donors (Lipinski definition) is 0. The second kappa shape index (κ2) is 5.15. The van der Waals surface area contributed by atoms with Gasteiger partial charge in [0.2, 0.25) is 0 Å². The molecule has 6 heteroatoms. The quantitative estimate of drug-likeness (QED) is 0.786. The largest absolute Gasteiger partial charge is 0.480 e. The van der Waals surface area contributed by atoms with Crippen LogP contribution in [-0.2, 0) is 16.0 Å². The first-order valence-corrected chi connectivity index (χ1v) is 8.04. The van der Waals surface area contributed by atoms with Crippen LogP contribution < -0.4 is 4.74 Å². The van der Waals surface area contributed by atoms with E-state index >= 15 is 0 Å². The van der Waals surface area contributed by atoms with Crippen LogP contribution in [0, 0.1) is 0 Å². The second-order valence-electron chi connectivity index (χ2n) is 6.65. The lowest BCUT2D eigenvalue weighted by Gasteiger charge is -2.38. The topological polar surface area (TPSA) is 59.1 Å². The van der Waals surface area contributed by atoms with Crippen molar-refractivity contribution < 1.29 is 19.1 Å². The molecular weight excluding hydrogens is 296 g/mol. The molecule has 0 bridgehead atoms. The third kappa shape index (κ3) is 2.42. The molecule has 1 atom stereocenters. The Morgan fingerprint density at radius 3 is 2.65 bits per heavy atom. The molecule has 3 aliphatic heterocycles. The fourth-order valence-corrected chi connectivity index (χ4v) is 3.71. The zero-order valence-electron chi connectivity index (χ0n) is 13.2. The average Bonchev–Trinajstić information content (AvgIpc) is 3.09. The van der Waals surface area contributed by atoms with Gasteiger partial charge in [-0.3, -0.25) is 4.79 Å². The third-order valence-electron chi connectivity index (χ3n) is 5.05. The molecule has 2 amide bonds. The van der Waals surface area contributed by atoms with E-state index in [4.69, 9.17) is 9.47 Å². The number of likely N-dealkylation sites (N-methyl/N-ethyl adjacent to an activating group) is 1. The summed E-state index contributed by atoms with van der Waals surface area (Å²) in [5.41, 5.74) is 0.674. The number of hydrogen-bond acceptors (Lipinski definition) is 4. The van der Waals surface area contributed by atoms with Crippen molar-refractivity contribution in [2.45, 2.75) is 31.0 Å². The van der Waals surface area contributed by atoms with Crippen molar-refractivity contribution in [3.05, 3.63) is 29.8 Å². The molecule has 122 valence electrons. The lowest BCUT2D eigenvalue weighted by molar-refractivity contribution is -0.141. The Morgan fingerprint density at radius 2 is 2.00 bits per heavy atom. The number of likely N-dealkylation sites (tertiary alicyclic amines) is 1. The van der Waals surface area contributed by atoms with Gasteiger partial charge in [-0.2, -0.15) is 0 Å². The molecule has 0 unspecified atom stereocenters. The van der Waals surface area contributed by atoms with Crippen LogP contribution in [0.25, 0.3) is 0 Å². The van der Waals surface area contributed by atoms with Crippen LogP contribution in [0.5, 0.6) is 5.75 Å². The summed E-state index contributed by atoms with van der Waals surface area (Å²) in [4.78, 5) is 27.7. The normalized spacial score (nSPS) is 25.3. The number of benzene rings is 1. The van der Waals surface area contributed by atoms with E-state index in [1.165, 1.54) is 0 Å². The van der Waals surface area contributed by atoms with Crippen LogP contribution in [0.4, 0.5) is 4.79 Å². The average molecular weight is 316 g/mol. The van der Waals surface area contributed by atoms with Crippen molar-refractivity contribution >= 4 is 12.0 Å². The fraction of sp³-hybridized carbons (Fsp3) is 0.529. The Labute approximate surface area is 134 Å². The smallest absolute Gasteiger partial charge is 0.410 e. The molecule has 1 aromatic rings. The number of carbonyl (C=O) groups excluding carboxylic acids is 2. The van der Waals surface area contributed by atoms with Crippen LogP contribution in [-0.4, -0.2) is 60.2 Å². The minimum atomic E-state index is -0.421. The SMILES string of the molecule is CN1CC2(CCN(C(=O)[C@H]3Cc4ccccc4O3)CC2)OC1=O. The van der Waals surface area contributed by atoms with Gasteiger partial charge in [-0.05, 0) is 11.6 Å². The summed E-state index contributed by atoms with van der Waals surface area (Å²) in [6, 6.07) is 7.79. The summed E-state index contributed by atoms with van der Waals surface area (Å²) in [5, 5.41) is 0. The highest BCUT2D eigenvalue weighted by Crippen LogP contribution is 2.34. The van der Waals surface area contributed by atoms with Crippen molar-refractivity contribution in [3.8, 4) is 5.75 Å². The summed E-state index contributed by atoms with van der Waals surface area (Å²) in [6.07, 6.45) is 1.33. The molecule has 3 heterocycles. The predicted molar refractivity (Wildman–Crippen MR) is 82.2 cm³/mol. The highest BCUT2D eigenvalue weighted by Gasteiger charge is 2.47. The summed E-state index contributed by atoms with van der Waals surface area (Å²) < 4.78 is 11.3. The summed E-state index contributed by atoms with van der Waals surface area (Å²) in [5.74, 6) is 0.847. The molecule has 1 aromatic carbocycles. The predicted octanol–water partition coefficient (Wildman–Crippen LogP) is 1.43. The third-order valence-corrected chi connectivity index (χ3v) is 5.05. The molecule has 2 saturated heterocycles. The van der Waals surface area contributed by atoms with Crippen molar-refractivity contribution in [3.63, 3.8) is 0 Å². The minimum Gasteiger partial charge on any atom is -0.480 e. The van der Waals surface area contributed by atoms with Crippen molar-refractivity contribution in [2.24, 2.45) is 0 Å². The monoisotopic (exact) mass is 316 g/mol. The van der Waals surface area contributed by atoms with Gasteiger partial charge in [0.1, 0.15) is 11.4 Å². The molecule has 0 saturated carbocycles. The Kier molecular flexibility index (Phi) is 3.21. The standard InChI is InChI=1S/C17H20N2O4/c1-18-11-17(23-16(18)21)6-8-19(9-7-17)15(20)14-10-12-4-2-3-5-13(12)22-14/h2-5,14H,6-11H2,1H3/t14-/m1/s1. The van der Waals surface area contributed by atoms with Crippen molar-refractivity contribution in [2.75, 3.05) is 26.7 Å². The highest BCUT2D eigenvalue weighted by atomic mass is 16.6. The van der Waals surface area contributed by atoms with Gasteiger partial charge >= 0.3 is 6.09 Å². The molecule has 0 aliphatic carbocycles. The molecule has 6 nitrogen and oxygen atoms in total. The minimum absolute atomic E-state index is 0.0359. The Bertz CT molecular complexity index is 627. The lowest BCUT2D eigenvalue weighted by atomic mass is 9.91. The number of para-hydroxylation sites is 1. The number of piperidine rings is 1. The van der Waals surface area contributed by atoms with E-state index in [2.05, 4.69) is 0 Å². The van der Waals surface area contributed by atoms with Gasteiger partial charge in [-0.25, -0.2) is 4.79 Å². The lowest BCUT2D eigenvalue weighted by Crippen LogP contribution is -2.51. The molecular formula is C17H20N2O4. The maximum atomic E-state index is 12.7. The first kappa shape index (κ1) is 14.4. The van der Waals surface area contributed by atoms with Crippen LogP contribution in [0.15, 0.2) is 24.3 Å². The van der Waals surface area contributed by atoms with Gasteiger partial charge in [0.25, 0.3) is 5.91 Å². The number of nitrogens with zero attached hydrogens (tertiary/aromatic N) is 2. The zero-order chi connectivity index (χ0) is 16.0. The molecule has 0 aromatic heterocycles. The maximum absolute atomic E-state index is 12.7. The van der Waals surface area contributed by atoms with Gasteiger partial charge in [0.15, 0.2) is 6.10 Å². The number of amides is 2. The van der Waals surface area contributed by atoms with E-state index in [1.807, 2.05) is 29.2 Å². The number of fused-ring (bicyclic) bond motifs is 1. The molecule has 3 aliphatic rings. The van der Waals surface area contributed by atoms with Gasteiger partial charge in [0.05, 0.1) is 6.54 Å². The van der Waals surface area contributed by atoms with Gasteiger partial charge in [-0.1, -0.05) is 18.2 Å². The Hall–Kier alpha value is -2.24. The van der Waals surface area contributed by atoms with E-state index < -0.39 is 11.7 Å². The maximum Gasteiger partial charge on any atom is 0.410 e. The van der Waals surface area contributed by atoms with Crippen molar-refractivity contribution in [1.29, 1.82) is 0 Å². The van der Waals surface area contributed by atoms with Gasteiger partial charge in [-0.15, -0.1) is 0 Å². The molecule has 1 spiro atoms. The highest BCUT2D eigenvalue weighted by molar-refractivity contribution is 5.83. The first-order chi connectivity index (χ1) is 11.1. The second-order valence-corrected chi connectivity index (χ2v) is 6.65. The van der Waals surface area contributed by atoms with E-state index in [9.17, 15) is 9.59 Å². The van der Waals surface area contributed by atoms with E-state index in [0.717, 1.165) is 11.3 Å². The number of ether oxygens (including phenoxy) is 2. The van der Waals surface area contributed by atoms with E-state index in [0.29, 0.717) is 38.9 Å². The van der Waals surface area contributed by atoms with Crippen LogP contribution in [0.1, 0.15) is 18.4 Å². The van der Waals surface area contributed by atoms with Gasteiger partial charge in [0, 0.05) is 39.4 Å². The van der Waals surface area contributed by atoms with E-state index in [-0.39, 0.29) is 12.0 Å². The van der Waals surface area contributed by atoms with Crippen LogP contribution in [0.2, 0.25) is 0 Å². The number of carbonyl (C=O) groups is 2. The van der Waals surface area contributed by atoms with E-state index in [1.54, 1.807) is 11.9 Å². The van der Waals surface area contributed by atoms with Gasteiger partial charge < -0.3 is 19.3 Å².